The van der Waals surface area contributed by atoms with Crippen LogP contribution in [0.1, 0.15) is 37.8 Å². The third-order valence-corrected chi connectivity index (χ3v) is 5.93. The number of amides is 1. The Morgan fingerprint density at radius 3 is 2.40 bits per heavy atom. The molecule has 0 bridgehead atoms. The van der Waals surface area contributed by atoms with Crippen LogP contribution in [0.2, 0.25) is 0 Å². The van der Waals surface area contributed by atoms with Gasteiger partial charge in [0.1, 0.15) is 11.9 Å². The van der Waals surface area contributed by atoms with Crippen molar-refractivity contribution in [3.63, 3.8) is 0 Å². The predicted octanol–water partition coefficient (Wildman–Crippen LogP) is 2.42. The number of ether oxygens (including phenoxy) is 1. The van der Waals surface area contributed by atoms with Gasteiger partial charge in [-0.3, -0.25) is 14.5 Å². The molecule has 0 radical (unpaired) electrons. The summed E-state index contributed by atoms with van der Waals surface area (Å²) in [5, 5.41) is 2.66. The van der Waals surface area contributed by atoms with Gasteiger partial charge in [-0.15, -0.1) is 0 Å². The Morgan fingerprint density at radius 2 is 1.73 bits per heavy atom. The van der Waals surface area contributed by atoms with Gasteiger partial charge in [0.25, 0.3) is 15.9 Å². The minimum Gasteiger partial charge on any atom is -0.454 e. The monoisotopic (exact) mass is 429 g/mol. The zero-order chi connectivity index (χ0) is 21.9. The molecule has 2 N–H and O–H groups in total. The van der Waals surface area contributed by atoms with Crippen molar-refractivity contribution in [3.05, 3.63) is 59.7 Å². The SMILES string of the molecule is CC(C)c1ccc(NC(=O)COC(=O)[C@H](C)N=C2NS(=O)(=O)c3ccccc32)cc1. The van der Waals surface area contributed by atoms with Gasteiger partial charge < -0.3 is 10.1 Å². The van der Waals surface area contributed by atoms with Crippen LogP contribution < -0.4 is 10.0 Å². The lowest BCUT2D eigenvalue weighted by Crippen LogP contribution is -2.28. The first-order chi connectivity index (χ1) is 14.2. The lowest BCUT2D eigenvalue weighted by Gasteiger charge is -2.10. The molecule has 30 heavy (non-hydrogen) atoms. The maximum absolute atomic E-state index is 12.2. The number of nitrogens with one attached hydrogen (secondary N) is 2. The summed E-state index contributed by atoms with van der Waals surface area (Å²) in [6.45, 7) is 5.15. The van der Waals surface area contributed by atoms with E-state index in [4.69, 9.17) is 4.74 Å². The van der Waals surface area contributed by atoms with Crippen molar-refractivity contribution < 1.29 is 22.7 Å². The molecular weight excluding hydrogens is 406 g/mol. The van der Waals surface area contributed by atoms with E-state index in [-0.39, 0.29) is 10.7 Å². The molecule has 0 spiro atoms. The topological polar surface area (TPSA) is 114 Å². The second-order valence-corrected chi connectivity index (χ2v) is 8.84. The molecule has 0 saturated heterocycles. The molecule has 0 saturated carbocycles. The Balaban J connectivity index is 1.57. The Morgan fingerprint density at radius 1 is 1.07 bits per heavy atom. The summed E-state index contributed by atoms with van der Waals surface area (Å²) in [5.74, 6) is -0.760. The lowest BCUT2D eigenvalue weighted by atomic mass is 10.0. The summed E-state index contributed by atoms with van der Waals surface area (Å²) in [5.41, 5.74) is 2.14. The fraction of sp³-hybridized carbons (Fsp3) is 0.286. The molecule has 8 nitrogen and oxygen atoms in total. The summed E-state index contributed by atoms with van der Waals surface area (Å²) in [6.07, 6.45) is 0. The van der Waals surface area contributed by atoms with Crippen molar-refractivity contribution in [1.82, 2.24) is 4.72 Å². The normalized spacial score (nSPS) is 16.6. The first kappa shape index (κ1) is 21.5. The van der Waals surface area contributed by atoms with Crippen LogP contribution in [-0.4, -0.2) is 38.8 Å². The summed E-state index contributed by atoms with van der Waals surface area (Å²) >= 11 is 0. The number of hydrogen-bond donors (Lipinski definition) is 2. The van der Waals surface area contributed by atoms with Gasteiger partial charge in [-0.1, -0.05) is 38.1 Å². The van der Waals surface area contributed by atoms with E-state index in [1.807, 2.05) is 12.1 Å². The first-order valence-electron chi connectivity index (χ1n) is 9.44. The summed E-state index contributed by atoms with van der Waals surface area (Å²) in [7, 11) is -3.69. The van der Waals surface area contributed by atoms with Gasteiger partial charge >= 0.3 is 5.97 Å². The number of esters is 1. The van der Waals surface area contributed by atoms with Gasteiger partial charge in [0.15, 0.2) is 6.61 Å². The van der Waals surface area contributed by atoms with Crippen LogP contribution >= 0.6 is 0 Å². The van der Waals surface area contributed by atoms with Crippen molar-refractivity contribution in [2.24, 2.45) is 4.99 Å². The highest BCUT2D eigenvalue weighted by molar-refractivity contribution is 7.90. The molecule has 3 rings (SSSR count). The fourth-order valence-corrected chi connectivity index (χ4v) is 4.12. The molecule has 158 valence electrons. The van der Waals surface area contributed by atoms with Gasteiger partial charge in [-0.05, 0) is 42.7 Å². The van der Waals surface area contributed by atoms with E-state index >= 15 is 0 Å². The molecule has 1 atom stereocenters. The van der Waals surface area contributed by atoms with Crippen LogP contribution in [0.25, 0.3) is 0 Å². The number of fused-ring (bicyclic) bond motifs is 1. The summed E-state index contributed by atoms with van der Waals surface area (Å²) in [4.78, 5) is 28.5. The fourth-order valence-electron chi connectivity index (χ4n) is 2.88. The minimum absolute atomic E-state index is 0.0738. The van der Waals surface area contributed by atoms with Gasteiger partial charge in [-0.2, -0.15) is 0 Å². The number of aliphatic imine (C=N–C) groups is 1. The van der Waals surface area contributed by atoms with Crippen LogP contribution in [0.15, 0.2) is 58.4 Å². The second-order valence-electron chi connectivity index (χ2n) is 7.19. The zero-order valence-corrected chi connectivity index (χ0v) is 17.7. The highest BCUT2D eigenvalue weighted by Crippen LogP contribution is 2.22. The molecule has 0 aliphatic carbocycles. The Hall–Kier alpha value is -3.20. The molecule has 1 aliphatic heterocycles. The highest BCUT2D eigenvalue weighted by atomic mass is 32.2. The molecule has 1 aliphatic rings. The second kappa shape index (κ2) is 8.66. The number of carbonyl (C=O) groups excluding carboxylic acids is 2. The van der Waals surface area contributed by atoms with Crippen molar-refractivity contribution in [2.45, 2.75) is 37.6 Å². The van der Waals surface area contributed by atoms with Crippen molar-refractivity contribution in [2.75, 3.05) is 11.9 Å². The first-order valence-corrected chi connectivity index (χ1v) is 10.9. The average Bonchev–Trinajstić information content (AvgIpc) is 2.96. The van der Waals surface area contributed by atoms with Crippen LogP contribution in [-0.2, 0) is 24.3 Å². The van der Waals surface area contributed by atoms with Crippen LogP contribution in [0.3, 0.4) is 0 Å². The number of nitrogens with zero attached hydrogens (tertiary/aromatic N) is 1. The van der Waals surface area contributed by atoms with E-state index in [0.717, 1.165) is 5.56 Å². The van der Waals surface area contributed by atoms with E-state index in [1.54, 1.807) is 30.3 Å². The third-order valence-electron chi connectivity index (χ3n) is 4.53. The average molecular weight is 429 g/mol. The number of benzene rings is 2. The van der Waals surface area contributed by atoms with Crippen molar-refractivity contribution >= 4 is 33.4 Å². The van der Waals surface area contributed by atoms with Crippen molar-refractivity contribution in [3.8, 4) is 0 Å². The van der Waals surface area contributed by atoms with E-state index in [1.165, 1.54) is 13.0 Å². The van der Waals surface area contributed by atoms with Gasteiger partial charge in [-0.25, -0.2) is 13.2 Å². The molecule has 1 amide bonds. The molecule has 2 aromatic carbocycles. The largest absolute Gasteiger partial charge is 0.454 e. The molecule has 9 heteroatoms. The van der Waals surface area contributed by atoms with E-state index in [2.05, 4.69) is 28.9 Å². The summed E-state index contributed by atoms with van der Waals surface area (Å²) < 4.78 is 31.5. The number of rotatable bonds is 6. The Bertz CT molecular complexity index is 1090. The number of carbonyl (C=O) groups is 2. The van der Waals surface area contributed by atoms with Gasteiger partial charge in [0, 0.05) is 11.3 Å². The maximum atomic E-state index is 12.2. The Kier molecular flexibility index (Phi) is 6.21. The minimum atomic E-state index is -3.69. The number of hydrogen-bond acceptors (Lipinski definition) is 6. The molecule has 0 aromatic heterocycles. The third kappa shape index (κ3) is 4.85. The zero-order valence-electron chi connectivity index (χ0n) is 16.9. The summed E-state index contributed by atoms with van der Waals surface area (Å²) in [6, 6.07) is 12.8. The van der Waals surface area contributed by atoms with Crippen LogP contribution in [0, 0.1) is 0 Å². The molecule has 0 unspecified atom stereocenters. The number of amidine groups is 1. The maximum Gasteiger partial charge on any atom is 0.331 e. The molecular formula is C21H23N3O5S. The number of anilines is 1. The smallest absolute Gasteiger partial charge is 0.331 e. The van der Waals surface area contributed by atoms with Gasteiger partial charge in [0.2, 0.25) is 0 Å². The molecule has 0 fully saturated rings. The molecule has 2 aromatic rings. The standard InChI is InChI=1S/C21H23N3O5S/c1-13(2)15-8-10-16(11-9-15)23-19(25)12-29-21(26)14(3)22-20-17-6-4-5-7-18(17)30(27,28)24-20/h4-11,13-14H,12H2,1-3H3,(H,22,24)(H,23,25)/t14-/m0/s1. The predicted molar refractivity (Wildman–Crippen MR) is 113 cm³/mol. The van der Waals surface area contributed by atoms with Crippen LogP contribution in [0.5, 0.6) is 0 Å². The van der Waals surface area contributed by atoms with Gasteiger partial charge in [0.05, 0.1) is 4.90 Å². The van der Waals surface area contributed by atoms with Crippen LogP contribution in [0.4, 0.5) is 5.69 Å². The Labute approximate surface area is 175 Å². The highest BCUT2D eigenvalue weighted by Gasteiger charge is 2.31. The molecule has 1 heterocycles. The number of sulfonamides is 1. The van der Waals surface area contributed by atoms with E-state index in [0.29, 0.717) is 17.2 Å². The van der Waals surface area contributed by atoms with E-state index < -0.39 is 34.5 Å². The van der Waals surface area contributed by atoms with Crippen molar-refractivity contribution in [1.29, 1.82) is 0 Å². The van der Waals surface area contributed by atoms with E-state index in [9.17, 15) is 18.0 Å². The quantitative estimate of drug-likeness (QED) is 0.685. The lowest BCUT2D eigenvalue weighted by molar-refractivity contribution is -0.148.